The highest BCUT2D eigenvalue weighted by atomic mass is 32.2. The largest absolute Gasteiger partial charge is 0.295 e. The molecular formula is C22H21N3O4S. The van der Waals surface area contributed by atoms with Crippen molar-refractivity contribution in [2.24, 2.45) is 5.41 Å². The van der Waals surface area contributed by atoms with Gasteiger partial charge in [-0.25, -0.2) is 13.0 Å². The molecule has 1 unspecified atom stereocenters. The van der Waals surface area contributed by atoms with Gasteiger partial charge in [-0.1, -0.05) is 42.0 Å². The van der Waals surface area contributed by atoms with Gasteiger partial charge >= 0.3 is 0 Å². The molecule has 1 aromatic heterocycles. The molecule has 5 rings (SSSR count). The van der Waals surface area contributed by atoms with E-state index in [9.17, 15) is 13.2 Å². The van der Waals surface area contributed by atoms with Crippen LogP contribution in [0.15, 0.2) is 69.7 Å². The Labute approximate surface area is 174 Å². The number of allylic oxidation sites excluding steroid dienone is 1. The van der Waals surface area contributed by atoms with E-state index in [0.717, 1.165) is 11.1 Å². The molecule has 2 heterocycles. The van der Waals surface area contributed by atoms with Gasteiger partial charge in [0.25, 0.3) is 0 Å². The molecule has 1 aliphatic carbocycles. The van der Waals surface area contributed by atoms with Gasteiger partial charge in [0.2, 0.25) is 10.0 Å². The fourth-order valence-corrected chi connectivity index (χ4v) is 6.36. The summed E-state index contributed by atoms with van der Waals surface area (Å²) < 4.78 is 33.4. The lowest BCUT2D eigenvalue weighted by Crippen LogP contribution is -2.49. The fourth-order valence-electron chi connectivity index (χ4n) is 4.70. The predicted octanol–water partition coefficient (Wildman–Crippen LogP) is 3.14. The Morgan fingerprint density at radius 1 is 1.03 bits per heavy atom. The SMILES string of the molecule is O=C1C=C2CCN(S(=O)(=O)c3cccc4nonc34)CC2(Cc2ccccc2)CC1. The summed E-state index contributed by atoms with van der Waals surface area (Å²) in [5.74, 6) is 0.128. The summed E-state index contributed by atoms with van der Waals surface area (Å²) in [5, 5.41) is 7.57. The number of fused-ring (bicyclic) bond motifs is 2. The van der Waals surface area contributed by atoms with Crippen LogP contribution in [0.4, 0.5) is 0 Å². The molecule has 1 fully saturated rings. The van der Waals surface area contributed by atoms with Crippen LogP contribution < -0.4 is 0 Å². The second-order valence-electron chi connectivity index (χ2n) is 8.06. The Morgan fingerprint density at radius 3 is 2.70 bits per heavy atom. The molecule has 0 amide bonds. The average Bonchev–Trinajstić information content (AvgIpc) is 3.23. The number of aromatic nitrogens is 2. The van der Waals surface area contributed by atoms with E-state index in [1.165, 1.54) is 4.31 Å². The molecule has 7 nitrogen and oxygen atoms in total. The Hall–Kier alpha value is -2.84. The van der Waals surface area contributed by atoms with Crippen LogP contribution in [0.25, 0.3) is 11.0 Å². The number of hydrogen-bond donors (Lipinski definition) is 0. The molecule has 1 saturated heterocycles. The molecule has 0 radical (unpaired) electrons. The van der Waals surface area contributed by atoms with Gasteiger partial charge in [0.05, 0.1) is 0 Å². The van der Waals surface area contributed by atoms with Crippen LogP contribution >= 0.6 is 0 Å². The number of rotatable bonds is 4. The van der Waals surface area contributed by atoms with Crippen molar-refractivity contribution in [3.05, 3.63) is 65.7 Å². The molecule has 154 valence electrons. The van der Waals surface area contributed by atoms with Gasteiger partial charge in [0, 0.05) is 24.9 Å². The van der Waals surface area contributed by atoms with E-state index in [-0.39, 0.29) is 21.6 Å². The van der Waals surface area contributed by atoms with Crippen molar-refractivity contribution < 1.29 is 17.8 Å². The molecule has 1 atom stereocenters. The molecule has 0 bridgehead atoms. The lowest BCUT2D eigenvalue weighted by molar-refractivity contribution is -0.116. The topological polar surface area (TPSA) is 93.4 Å². The van der Waals surface area contributed by atoms with Gasteiger partial charge in [0.15, 0.2) is 11.3 Å². The number of hydrogen-bond acceptors (Lipinski definition) is 6. The molecule has 0 spiro atoms. The number of piperidine rings is 1. The van der Waals surface area contributed by atoms with Crippen LogP contribution in [-0.2, 0) is 21.2 Å². The third kappa shape index (κ3) is 3.16. The van der Waals surface area contributed by atoms with Crippen molar-refractivity contribution in [1.29, 1.82) is 0 Å². The van der Waals surface area contributed by atoms with Gasteiger partial charge < -0.3 is 0 Å². The zero-order valence-electron chi connectivity index (χ0n) is 16.3. The minimum Gasteiger partial charge on any atom is -0.295 e. The minimum atomic E-state index is -3.79. The highest BCUT2D eigenvalue weighted by molar-refractivity contribution is 7.89. The van der Waals surface area contributed by atoms with E-state index >= 15 is 0 Å². The maximum absolute atomic E-state index is 13.6. The quantitative estimate of drug-likeness (QED) is 0.640. The number of carbonyl (C=O) groups excluding carboxylic acids is 1. The predicted molar refractivity (Wildman–Crippen MR) is 110 cm³/mol. The molecule has 0 saturated carbocycles. The minimum absolute atomic E-state index is 0.107. The van der Waals surface area contributed by atoms with Gasteiger partial charge in [-0.05, 0) is 53.3 Å². The van der Waals surface area contributed by atoms with Gasteiger partial charge in [0.1, 0.15) is 10.4 Å². The standard InChI is InChI=1S/C22H21N3O4S/c26-18-9-11-22(14-16-5-2-1-3-6-16)15-25(12-10-17(22)13-18)30(27,28)20-8-4-7-19-21(20)24-29-23-19/h1-8,13H,9-12,14-15H2. The van der Waals surface area contributed by atoms with Crippen LogP contribution in [0.5, 0.6) is 0 Å². The van der Waals surface area contributed by atoms with E-state index < -0.39 is 10.0 Å². The molecule has 30 heavy (non-hydrogen) atoms. The van der Waals surface area contributed by atoms with Crippen molar-refractivity contribution in [2.75, 3.05) is 13.1 Å². The van der Waals surface area contributed by atoms with Crippen LogP contribution in [0.1, 0.15) is 24.8 Å². The normalized spacial score (nSPS) is 22.7. The summed E-state index contributed by atoms with van der Waals surface area (Å²) in [6.07, 6.45) is 4.08. The van der Waals surface area contributed by atoms with Crippen molar-refractivity contribution in [2.45, 2.75) is 30.6 Å². The van der Waals surface area contributed by atoms with Gasteiger partial charge in [-0.2, -0.15) is 4.31 Å². The zero-order valence-corrected chi connectivity index (χ0v) is 17.1. The third-order valence-electron chi connectivity index (χ3n) is 6.23. The maximum Gasteiger partial charge on any atom is 0.245 e. The number of nitrogens with zero attached hydrogens (tertiary/aromatic N) is 3. The summed E-state index contributed by atoms with van der Waals surface area (Å²) >= 11 is 0. The first-order valence-electron chi connectivity index (χ1n) is 9.97. The van der Waals surface area contributed by atoms with E-state index in [0.29, 0.717) is 44.3 Å². The Bertz CT molecular complexity index is 1250. The smallest absolute Gasteiger partial charge is 0.245 e. The van der Waals surface area contributed by atoms with Crippen molar-refractivity contribution >= 4 is 26.8 Å². The highest BCUT2D eigenvalue weighted by Gasteiger charge is 2.45. The van der Waals surface area contributed by atoms with Crippen LogP contribution in [0, 0.1) is 5.41 Å². The number of sulfonamides is 1. The van der Waals surface area contributed by atoms with E-state index in [1.807, 2.05) is 18.2 Å². The fraction of sp³-hybridized carbons (Fsp3) is 0.318. The lowest BCUT2D eigenvalue weighted by Gasteiger charge is -2.46. The summed E-state index contributed by atoms with van der Waals surface area (Å²) in [5.41, 5.74) is 2.48. The van der Waals surface area contributed by atoms with Crippen molar-refractivity contribution in [1.82, 2.24) is 14.6 Å². The molecule has 3 aromatic rings. The second-order valence-corrected chi connectivity index (χ2v) is 9.96. The second kappa shape index (κ2) is 7.14. The lowest BCUT2D eigenvalue weighted by atomic mass is 9.66. The number of carbonyl (C=O) groups is 1. The molecule has 1 aliphatic heterocycles. The van der Waals surface area contributed by atoms with E-state index in [4.69, 9.17) is 4.63 Å². The van der Waals surface area contributed by atoms with E-state index in [2.05, 4.69) is 22.4 Å². The average molecular weight is 423 g/mol. The van der Waals surface area contributed by atoms with Crippen LogP contribution in [-0.4, -0.2) is 41.9 Å². The first-order valence-corrected chi connectivity index (χ1v) is 11.4. The van der Waals surface area contributed by atoms with Gasteiger partial charge in [-0.3, -0.25) is 4.79 Å². The molecule has 2 aromatic carbocycles. The Kier molecular flexibility index (Phi) is 4.56. The van der Waals surface area contributed by atoms with Gasteiger partial charge in [-0.15, -0.1) is 0 Å². The van der Waals surface area contributed by atoms with Crippen LogP contribution in [0.3, 0.4) is 0 Å². The van der Waals surface area contributed by atoms with Crippen LogP contribution in [0.2, 0.25) is 0 Å². The first-order chi connectivity index (χ1) is 14.5. The third-order valence-corrected chi connectivity index (χ3v) is 8.10. The molecule has 0 N–H and O–H groups in total. The maximum atomic E-state index is 13.6. The zero-order chi connectivity index (χ0) is 20.8. The summed E-state index contributed by atoms with van der Waals surface area (Å²) in [7, 11) is -3.79. The highest BCUT2D eigenvalue weighted by Crippen LogP contribution is 2.46. The Balaban J connectivity index is 1.54. The molecule has 2 aliphatic rings. The summed E-state index contributed by atoms with van der Waals surface area (Å²) in [4.78, 5) is 12.2. The Morgan fingerprint density at radius 2 is 1.87 bits per heavy atom. The van der Waals surface area contributed by atoms with Crippen molar-refractivity contribution in [3.63, 3.8) is 0 Å². The first kappa shape index (κ1) is 19.1. The summed E-state index contributed by atoms with van der Waals surface area (Å²) in [6, 6.07) is 14.9. The molecular weight excluding hydrogens is 402 g/mol. The monoisotopic (exact) mass is 423 g/mol. The van der Waals surface area contributed by atoms with E-state index in [1.54, 1.807) is 24.3 Å². The number of ketones is 1. The molecule has 8 heteroatoms. The summed E-state index contributed by atoms with van der Waals surface area (Å²) in [6.45, 7) is 0.671. The number of benzene rings is 2. The van der Waals surface area contributed by atoms with Crippen molar-refractivity contribution in [3.8, 4) is 0 Å².